The topological polar surface area (TPSA) is 116 Å². The van der Waals surface area contributed by atoms with E-state index in [2.05, 4.69) is 0 Å². The van der Waals surface area contributed by atoms with E-state index in [1.165, 1.54) is 6.07 Å². The van der Waals surface area contributed by atoms with Crippen molar-refractivity contribution < 1.29 is 27.5 Å². The molecule has 0 spiro atoms. The Labute approximate surface area is 224 Å². The van der Waals surface area contributed by atoms with Crippen LogP contribution in [0.1, 0.15) is 67.9 Å². The number of hydrogen-bond acceptors (Lipinski definition) is 6. The van der Waals surface area contributed by atoms with Gasteiger partial charge in [-0.3, -0.25) is 4.79 Å². The molecule has 0 unspecified atom stereocenters. The van der Waals surface area contributed by atoms with Crippen LogP contribution in [0.4, 0.5) is 4.79 Å². The number of amides is 1. The zero-order valence-corrected chi connectivity index (χ0v) is 23.2. The molecule has 1 heterocycles. The number of rotatable bonds is 10. The van der Waals surface area contributed by atoms with Crippen molar-refractivity contribution in [3.8, 4) is 5.75 Å². The third-order valence-electron chi connectivity index (χ3n) is 5.94. The molecule has 1 amide bonds. The van der Waals surface area contributed by atoms with E-state index in [1.54, 1.807) is 11.0 Å². The average Bonchev–Trinajstić information content (AvgIpc) is 2.81. The van der Waals surface area contributed by atoms with Gasteiger partial charge in [0.15, 0.2) is 5.78 Å². The summed E-state index contributed by atoms with van der Waals surface area (Å²) in [6.07, 6.45) is 2.81. The first-order valence-electron chi connectivity index (χ1n) is 12.4. The molecule has 37 heavy (non-hydrogen) atoms. The number of halogens is 1. The molecule has 0 bridgehead atoms. The van der Waals surface area contributed by atoms with E-state index in [1.807, 2.05) is 45.0 Å². The van der Waals surface area contributed by atoms with Crippen LogP contribution in [0, 0.1) is 0 Å². The van der Waals surface area contributed by atoms with Gasteiger partial charge in [-0.2, -0.15) is 0 Å². The first-order valence-corrected chi connectivity index (χ1v) is 14.3. The number of nitrogens with two attached hydrogens (primary N) is 1. The second-order valence-corrected chi connectivity index (χ2v) is 12.1. The quantitative estimate of drug-likeness (QED) is 0.323. The summed E-state index contributed by atoms with van der Waals surface area (Å²) in [6.45, 7) is 6.69. The van der Waals surface area contributed by atoms with Crippen molar-refractivity contribution in [3.63, 3.8) is 0 Å². The molecule has 0 saturated carbocycles. The lowest BCUT2D eigenvalue weighted by Gasteiger charge is -2.27. The van der Waals surface area contributed by atoms with Crippen LogP contribution in [0.25, 0.3) is 0 Å². The molecule has 202 valence electrons. The van der Waals surface area contributed by atoms with Gasteiger partial charge in [0, 0.05) is 30.1 Å². The highest BCUT2D eigenvalue weighted by atomic mass is 35.5. The molecular weight excluding hydrogens is 516 g/mol. The Hall–Kier alpha value is -2.62. The monoisotopic (exact) mass is 550 g/mol. The van der Waals surface area contributed by atoms with Gasteiger partial charge in [0.05, 0.1) is 6.61 Å². The number of sulfonamides is 1. The smallest absolute Gasteiger partial charge is 0.410 e. The van der Waals surface area contributed by atoms with Gasteiger partial charge >= 0.3 is 6.09 Å². The number of aryl methyl sites for hydroxylation is 1. The van der Waals surface area contributed by atoms with Gasteiger partial charge in [-0.15, -0.1) is 0 Å². The molecule has 0 saturated heterocycles. The number of hydrogen-bond donors (Lipinski definition) is 1. The zero-order valence-electron chi connectivity index (χ0n) is 21.6. The van der Waals surface area contributed by atoms with E-state index >= 15 is 0 Å². The Kier molecular flexibility index (Phi) is 9.61. The second-order valence-electron chi connectivity index (χ2n) is 10.1. The van der Waals surface area contributed by atoms with Crippen molar-refractivity contribution in [2.24, 2.45) is 5.14 Å². The second kappa shape index (κ2) is 12.3. The predicted molar refractivity (Wildman–Crippen MR) is 143 cm³/mol. The molecule has 0 radical (unpaired) electrons. The lowest BCUT2D eigenvalue weighted by molar-refractivity contribution is 0.0249. The number of benzene rings is 2. The van der Waals surface area contributed by atoms with Crippen LogP contribution in [0.5, 0.6) is 5.75 Å². The van der Waals surface area contributed by atoms with Crippen molar-refractivity contribution in [3.05, 3.63) is 58.1 Å². The first kappa shape index (κ1) is 28.9. The van der Waals surface area contributed by atoms with Gasteiger partial charge in [0.2, 0.25) is 10.0 Å². The Balaban J connectivity index is 1.63. The van der Waals surface area contributed by atoms with Gasteiger partial charge < -0.3 is 14.4 Å². The molecule has 0 aromatic heterocycles. The molecule has 1 aliphatic rings. The van der Waals surface area contributed by atoms with Gasteiger partial charge in [0.1, 0.15) is 16.2 Å². The minimum Gasteiger partial charge on any atom is -0.492 e. The normalized spacial score (nSPS) is 13.4. The zero-order chi connectivity index (χ0) is 27.2. The average molecular weight is 551 g/mol. The highest BCUT2D eigenvalue weighted by Gasteiger charge is 2.25. The molecule has 10 heteroatoms. The third-order valence-corrected chi connectivity index (χ3v) is 7.22. The lowest BCUT2D eigenvalue weighted by atomic mass is 9.99. The molecule has 0 atom stereocenters. The van der Waals surface area contributed by atoms with Crippen LogP contribution in [-0.2, 0) is 27.6 Å². The SMILES string of the molecule is CC(C)(C)OC(=O)N(CCCCC(=O)c1cc2c(c(S(N)(=O)=O)c1)OCCC2)CCc1ccccc1Cl. The largest absolute Gasteiger partial charge is 0.492 e. The summed E-state index contributed by atoms with van der Waals surface area (Å²) in [6, 6.07) is 10.5. The highest BCUT2D eigenvalue weighted by Crippen LogP contribution is 2.33. The molecule has 8 nitrogen and oxygen atoms in total. The van der Waals surface area contributed by atoms with Crippen molar-refractivity contribution in [2.45, 2.75) is 69.8 Å². The van der Waals surface area contributed by atoms with Gasteiger partial charge in [-0.25, -0.2) is 18.4 Å². The number of ketones is 1. The fourth-order valence-electron chi connectivity index (χ4n) is 4.13. The number of nitrogens with zero attached hydrogens (tertiary/aromatic N) is 1. The first-order chi connectivity index (χ1) is 17.3. The molecule has 1 aliphatic heterocycles. The summed E-state index contributed by atoms with van der Waals surface area (Å²) in [5.41, 5.74) is 1.29. The standard InChI is InChI=1S/C27H35ClN2O6S/c1-27(2,3)36-26(32)30(15-13-19-9-4-5-11-22(19)28)14-7-6-12-23(31)21-17-20-10-8-16-35-25(20)24(18-21)37(29,33)34/h4-5,9,11,17-18H,6-8,10,12-16H2,1-3H3,(H2,29,33,34). The van der Waals surface area contributed by atoms with Gasteiger partial charge in [0.25, 0.3) is 0 Å². The molecule has 2 aromatic carbocycles. The Morgan fingerprint density at radius 1 is 1.14 bits per heavy atom. The number of carbonyl (C=O) groups is 2. The van der Waals surface area contributed by atoms with Crippen molar-refractivity contribution in [1.29, 1.82) is 0 Å². The van der Waals surface area contributed by atoms with E-state index in [4.69, 9.17) is 26.2 Å². The predicted octanol–water partition coefficient (Wildman–Crippen LogP) is 5.15. The molecule has 2 N–H and O–H groups in total. The van der Waals surface area contributed by atoms with Crippen molar-refractivity contribution in [2.75, 3.05) is 19.7 Å². The molecule has 0 fully saturated rings. The minimum atomic E-state index is -4.04. The highest BCUT2D eigenvalue weighted by molar-refractivity contribution is 7.89. The summed E-state index contributed by atoms with van der Waals surface area (Å²) >= 11 is 6.27. The number of unbranched alkanes of at least 4 members (excludes halogenated alkanes) is 1. The Morgan fingerprint density at radius 3 is 2.54 bits per heavy atom. The maximum atomic E-state index is 12.9. The van der Waals surface area contributed by atoms with Gasteiger partial charge in [-0.05, 0) is 82.2 Å². The van der Waals surface area contributed by atoms with E-state index in [-0.39, 0.29) is 22.8 Å². The van der Waals surface area contributed by atoms with Crippen LogP contribution in [0.3, 0.4) is 0 Å². The minimum absolute atomic E-state index is 0.149. The number of Topliss-reactive ketones (excluding diaryl/α,β-unsaturated/α-hetero) is 1. The Morgan fingerprint density at radius 2 is 1.86 bits per heavy atom. The van der Waals surface area contributed by atoms with Crippen LogP contribution < -0.4 is 9.88 Å². The van der Waals surface area contributed by atoms with E-state index in [0.29, 0.717) is 61.5 Å². The maximum Gasteiger partial charge on any atom is 0.410 e. The number of ether oxygens (including phenoxy) is 2. The summed E-state index contributed by atoms with van der Waals surface area (Å²) in [5.74, 6) is 0.0648. The summed E-state index contributed by atoms with van der Waals surface area (Å²) in [5, 5.41) is 6.02. The molecule has 2 aromatic rings. The Bertz CT molecular complexity index is 1240. The molecule has 3 rings (SSSR count). The van der Waals surface area contributed by atoms with Crippen LogP contribution in [0.2, 0.25) is 5.02 Å². The number of fused-ring (bicyclic) bond motifs is 1. The molecule has 0 aliphatic carbocycles. The fourth-order valence-corrected chi connectivity index (χ4v) is 5.10. The summed E-state index contributed by atoms with van der Waals surface area (Å²) < 4.78 is 35.3. The summed E-state index contributed by atoms with van der Waals surface area (Å²) in [7, 11) is -4.04. The lowest BCUT2D eigenvalue weighted by Crippen LogP contribution is -2.38. The molecular formula is C27H35ClN2O6S. The van der Waals surface area contributed by atoms with E-state index < -0.39 is 21.7 Å². The number of primary sulfonamides is 1. The van der Waals surface area contributed by atoms with Crippen LogP contribution in [-0.4, -0.2) is 50.5 Å². The van der Waals surface area contributed by atoms with Gasteiger partial charge in [-0.1, -0.05) is 29.8 Å². The number of carbonyl (C=O) groups excluding carboxylic acids is 2. The maximum absolute atomic E-state index is 12.9. The fraction of sp³-hybridized carbons (Fsp3) is 0.481. The summed E-state index contributed by atoms with van der Waals surface area (Å²) in [4.78, 5) is 27.2. The van der Waals surface area contributed by atoms with Crippen molar-refractivity contribution >= 4 is 33.5 Å². The van der Waals surface area contributed by atoms with E-state index in [9.17, 15) is 18.0 Å². The van der Waals surface area contributed by atoms with Crippen LogP contribution >= 0.6 is 11.6 Å². The van der Waals surface area contributed by atoms with Crippen molar-refractivity contribution in [1.82, 2.24) is 4.90 Å². The van der Waals surface area contributed by atoms with Crippen LogP contribution in [0.15, 0.2) is 41.3 Å². The third kappa shape index (κ3) is 8.45. The van der Waals surface area contributed by atoms with E-state index in [0.717, 1.165) is 12.0 Å².